The Morgan fingerprint density at radius 1 is 1.12 bits per heavy atom. The summed E-state index contributed by atoms with van der Waals surface area (Å²) in [4.78, 5) is 10.3. The molecular weight excluding hydrogens is 224 g/mol. The van der Waals surface area contributed by atoms with Crippen LogP contribution in [-0.4, -0.2) is 34.3 Å². The van der Waals surface area contributed by atoms with Crippen molar-refractivity contribution in [2.45, 2.75) is 38.5 Å². The van der Waals surface area contributed by atoms with E-state index >= 15 is 0 Å². The number of hydrogen-bond donors (Lipinski definition) is 2. The van der Waals surface area contributed by atoms with Crippen LogP contribution in [0.15, 0.2) is 0 Å². The molecule has 0 aromatic heterocycles. The van der Waals surface area contributed by atoms with Gasteiger partial charge in [0.25, 0.3) is 0 Å². The number of aliphatic hydroxyl groups is 1. The molecule has 0 radical (unpaired) electrons. The molecule has 0 spiro atoms. The summed E-state index contributed by atoms with van der Waals surface area (Å²) in [5.74, 6) is 2.81. The molecule has 0 aromatic rings. The predicted molar refractivity (Wildman–Crippen MR) is 66.7 cm³/mol. The Morgan fingerprint density at radius 2 is 1.81 bits per heavy atom. The molecule has 0 aliphatic carbocycles. The van der Waals surface area contributed by atoms with E-state index in [4.69, 9.17) is 10.2 Å². The molecule has 1 fully saturated rings. The van der Waals surface area contributed by atoms with Crippen LogP contribution in [-0.2, 0) is 4.79 Å². The Labute approximate surface area is 102 Å². The fourth-order valence-electron chi connectivity index (χ4n) is 2.20. The maximum Gasteiger partial charge on any atom is 0.303 e. The highest BCUT2D eigenvalue weighted by Crippen LogP contribution is 2.33. The van der Waals surface area contributed by atoms with Crippen LogP contribution in [0.5, 0.6) is 0 Å². The standard InChI is InChI=1S/C12H22O3S/c13-7-11-9-16-8-10(11)5-3-1-2-4-6-12(14)15/h10-11,13H,1-9H2,(H,14,15). The first-order valence-corrected chi connectivity index (χ1v) is 7.30. The van der Waals surface area contributed by atoms with Crippen LogP contribution in [0.25, 0.3) is 0 Å². The smallest absolute Gasteiger partial charge is 0.303 e. The highest BCUT2D eigenvalue weighted by molar-refractivity contribution is 7.99. The van der Waals surface area contributed by atoms with Crippen LogP contribution in [0.1, 0.15) is 38.5 Å². The van der Waals surface area contributed by atoms with Gasteiger partial charge in [0, 0.05) is 13.0 Å². The third kappa shape index (κ3) is 5.21. The zero-order valence-corrected chi connectivity index (χ0v) is 10.5. The summed E-state index contributed by atoms with van der Waals surface area (Å²) in [5.41, 5.74) is 0. The van der Waals surface area contributed by atoms with Gasteiger partial charge in [-0.05, 0) is 36.2 Å². The molecule has 16 heavy (non-hydrogen) atoms. The lowest BCUT2D eigenvalue weighted by Gasteiger charge is -2.15. The topological polar surface area (TPSA) is 57.5 Å². The first kappa shape index (κ1) is 13.8. The lowest BCUT2D eigenvalue weighted by molar-refractivity contribution is -0.137. The normalized spacial score (nSPS) is 24.8. The third-order valence-corrected chi connectivity index (χ3v) is 4.61. The maximum absolute atomic E-state index is 10.3. The van der Waals surface area contributed by atoms with Crippen molar-refractivity contribution >= 4 is 17.7 Å². The fourth-order valence-corrected chi connectivity index (χ4v) is 3.76. The number of carbonyl (C=O) groups is 1. The van der Waals surface area contributed by atoms with Crippen LogP contribution in [0.2, 0.25) is 0 Å². The zero-order valence-electron chi connectivity index (χ0n) is 9.73. The van der Waals surface area contributed by atoms with Gasteiger partial charge in [-0.1, -0.05) is 19.3 Å². The Morgan fingerprint density at radius 3 is 2.50 bits per heavy atom. The molecule has 94 valence electrons. The number of carboxylic acids is 1. The number of hydrogen-bond acceptors (Lipinski definition) is 3. The van der Waals surface area contributed by atoms with Crippen molar-refractivity contribution in [1.82, 2.24) is 0 Å². The van der Waals surface area contributed by atoms with E-state index < -0.39 is 5.97 Å². The number of carboxylic acid groups (broad SMARTS) is 1. The van der Waals surface area contributed by atoms with Gasteiger partial charge >= 0.3 is 5.97 Å². The number of rotatable bonds is 8. The van der Waals surface area contributed by atoms with Crippen molar-refractivity contribution in [3.8, 4) is 0 Å². The second-order valence-electron chi connectivity index (χ2n) is 4.59. The van der Waals surface area contributed by atoms with Gasteiger partial charge in [0.2, 0.25) is 0 Å². The second-order valence-corrected chi connectivity index (χ2v) is 5.66. The average molecular weight is 246 g/mol. The lowest BCUT2D eigenvalue weighted by atomic mass is 9.91. The number of aliphatic carboxylic acids is 1. The van der Waals surface area contributed by atoms with E-state index in [1.807, 2.05) is 11.8 Å². The molecule has 0 saturated carbocycles. The Kier molecular flexibility index (Phi) is 6.88. The van der Waals surface area contributed by atoms with Crippen molar-refractivity contribution in [2.24, 2.45) is 11.8 Å². The minimum absolute atomic E-state index is 0.304. The molecule has 2 atom stereocenters. The molecule has 2 unspecified atom stereocenters. The minimum Gasteiger partial charge on any atom is -0.481 e. The van der Waals surface area contributed by atoms with Crippen molar-refractivity contribution < 1.29 is 15.0 Å². The number of unbranched alkanes of at least 4 members (excludes halogenated alkanes) is 3. The van der Waals surface area contributed by atoms with Crippen molar-refractivity contribution in [2.75, 3.05) is 18.1 Å². The molecule has 1 aliphatic rings. The van der Waals surface area contributed by atoms with E-state index in [2.05, 4.69) is 0 Å². The molecule has 4 heteroatoms. The van der Waals surface area contributed by atoms with E-state index in [0.29, 0.717) is 24.9 Å². The molecule has 1 heterocycles. The van der Waals surface area contributed by atoms with Crippen molar-refractivity contribution in [3.63, 3.8) is 0 Å². The first-order chi connectivity index (χ1) is 7.74. The van der Waals surface area contributed by atoms with Crippen LogP contribution in [0.3, 0.4) is 0 Å². The average Bonchev–Trinajstić information content (AvgIpc) is 2.70. The molecule has 3 nitrogen and oxygen atoms in total. The zero-order chi connectivity index (χ0) is 11.8. The lowest BCUT2D eigenvalue weighted by Crippen LogP contribution is -2.16. The SMILES string of the molecule is O=C(O)CCCCCCC1CSCC1CO. The van der Waals surface area contributed by atoms with Crippen LogP contribution in [0.4, 0.5) is 0 Å². The summed E-state index contributed by atoms with van der Waals surface area (Å²) in [6.45, 7) is 0.330. The first-order valence-electron chi connectivity index (χ1n) is 6.14. The van der Waals surface area contributed by atoms with Crippen LogP contribution >= 0.6 is 11.8 Å². The molecule has 0 amide bonds. The van der Waals surface area contributed by atoms with Gasteiger partial charge < -0.3 is 10.2 Å². The molecule has 1 rings (SSSR count). The van der Waals surface area contributed by atoms with E-state index in [1.54, 1.807) is 0 Å². The predicted octanol–water partition coefficient (Wildman–Crippen LogP) is 2.38. The summed E-state index contributed by atoms with van der Waals surface area (Å²) >= 11 is 1.95. The fraction of sp³-hybridized carbons (Fsp3) is 0.917. The van der Waals surface area contributed by atoms with Crippen LogP contribution < -0.4 is 0 Å². The molecule has 1 aliphatic heterocycles. The van der Waals surface area contributed by atoms with Crippen LogP contribution in [0, 0.1) is 11.8 Å². The maximum atomic E-state index is 10.3. The van der Waals surface area contributed by atoms with Gasteiger partial charge in [-0.2, -0.15) is 11.8 Å². The van der Waals surface area contributed by atoms with Gasteiger partial charge in [0.15, 0.2) is 0 Å². The largest absolute Gasteiger partial charge is 0.481 e. The van der Waals surface area contributed by atoms with E-state index in [9.17, 15) is 4.79 Å². The van der Waals surface area contributed by atoms with Gasteiger partial charge in [-0.15, -0.1) is 0 Å². The third-order valence-electron chi connectivity index (χ3n) is 3.28. The molecule has 2 N–H and O–H groups in total. The van der Waals surface area contributed by atoms with Gasteiger partial charge in [0.05, 0.1) is 0 Å². The quantitative estimate of drug-likeness (QED) is 0.646. The minimum atomic E-state index is -0.687. The summed E-state index contributed by atoms with van der Waals surface area (Å²) < 4.78 is 0. The summed E-state index contributed by atoms with van der Waals surface area (Å²) in [6.07, 6.45) is 5.64. The number of aliphatic hydroxyl groups excluding tert-OH is 1. The van der Waals surface area contributed by atoms with Crippen molar-refractivity contribution in [3.05, 3.63) is 0 Å². The Bertz CT molecular complexity index is 208. The Hall–Kier alpha value is -0.220. The van der Waals surface area contributed by atoms with E-state index in [0.717, 1.165) is 25.0 Å². The van der Waals surface area contributed by atoms with Gasteiger partial charge in [0.1, 0.15) is 0 Å². The summed E-state index contributed by atoms with van der Waals surface area (Å²) in [7, 11) is 0. The Balaban J connectivity index is 1.96. The highest BCUT2D eigenvalue weighted by atomic mass is 32.2. The van der Waals surface area contributed by atoms with Gasteiger partial charge in [-0.3, -0.25) is 4.79 Å². The molecule has 0 aromatic carbocycles. The second kappa shape index (κ2) is 7.96. The highest BCUT2D eigenvalue weighted by Gasteiger charge is 2.26. The molecule has 0 bridgehead atoms. The van der Waals surface area contributed by atoms with Crippen molar-refractivity contribution in [1.29, 1.82) is 0 Å². The monoisotopic (exact) mass is 246 g/mol. The van der Waals surface area contributed by atoms with E-state index in [1.165, 1.54) is 18.6 Å². The molecular formula is C12H22O3S. The van der Waals surface area contributed by atoms with Gasteiger partial charge in [-0.25, -0.2) is 0 Å². The number of thioether (sulfide) groups is 1. The summed E-state index contributed by atoms with van der Waals surface area (Å²) in [6, 6.07) is 0. The molecule has 1 saturated heterocycles. The van der Waals surface area contributed by atoms with E-state index in [-0.39, 0.29) is 0 Å². The summed E-state index contributed by atoms with van der Waals surface area (Å²) in [5, 5.41) is 17.6.